The van der Waals surface area contributed by atoms with Crippen LogP contribution in [0.2, 0.25) is 0 Å². The molecule has 1 rings (SSSR count). The van der Waals surface area contributed by atoms with Gasteiger partial charge in [0.1, 0.15) is 0 Å². The number of benzene rings is 1. The summed E-state index contributed by atoms with van der Waals surface area (Å²) in [6.07, 6.45) is 3.68. The van der Waals surface area contributed by atoms with Crippen molar-refractivity contribution in [3.63, 3.8) is 0 Å². The molecular formula is C14H17I3O2. The summed E-state index contributed by atoms with van der Waals surface area (Å²) in [5.41, 5.74) is 0. The Morgan fingerprint density at radius 3 is 2.26 bits per heavy atom. The van der Waals surface area contributed by atoms with E-state index in [1.165, 1.54) is 6.42 Å². The summed E-state index contributed by atoms with van der Waals surface area (Å²) in [4.78, 5) is 11.8. The zero-order valence-corrected chi connectivity index (χ0v) is 17.5. The summed E-state index contributed by atoms with van der Waals surface area (Å²) in [5.74, 6) is 1.28. The lowest BCUT2D eigenvalue weighted by molar-refractivity contribution is -0.134. The molecule has 0 aromatic heterocycles. The van der Waals surface area contributed by atoms with Crippen LogP contribution in [0.4, 0.5) is 0 Å². The van der Waals surface area contributed by atoms with E-state index in [9.17, 15) is 4.79 Å². The predicted molar refractivity (Wildman–Crippen MR) is 104 cm³/mol. The maximum Gasteiger partial charge on any atom is 0.311 e. The zero-order valence-electron chi connectivity index (χ0n) is 11.0. The second-order valence-electron chi connectivity index (χ2n) is 4.81. The van der Waals surface area contributed by atoms with Crippen molar-refractivity contribution in [1.82, 2.24) is 0 Å². The van der Waals surface area contributed by atoms with E-state index in [1.807, 2.05) is 12.1 Å². The summed E-state index contributed by atoms with van der Waals surface area (Å²) >= 11 is 6.69. The van der Waals surface area contributed by atoms with Crippen LogP contribution in [0, 0.1) is 16.6 Å². The molecule has 0 fully saturated rings. The van der Waals surface area contributed by atoms with Crippen LogP contribution in [0.3, 0.4) is 0 Å². The minimum absolute atomic E-state index is 0.124. The highest BCUT2D eigenvalue weighted by molar-refractivity contribution is 14.1. The summed E-state index contributed by atoms with van der Waals surface area (Å²) < 4.78 is 8.62. The largest absolute Gasteiger partial charge is 0.424 e. The van der Waals surface area contributed by atoms with E-state index in [2.05, 4.69) is 81.6 Å². The molecule has 0 unspecified atom stereocenters. The van der Waals surface area contributed by atoms with Gasteiger partial charge in [0.05, 0.1) is 7.14 Å². The zero-order chi connectivity index (χ0) is 14.4. The summed E-state index contributed by atoms with van der Waals surface area (Å²) in [5, 5.41) is 0. The third-order valence-electron chi connectivity index (χ3n) is 2.59. The molecule has 0 heterocycles. The number of hydrogen-bond acceptors (Lipinski definition) is 2. The standard InChI is InChI=1S/C14H17I3O2/c1-9(2)5-3-4-6-13(18)19-14-11(16)7-10(15)8-12(14)17/h7-9H,3-6H2,1-2H3. The minimum Gasteiger partial charge on any atom is -0.424 e. The second kappa shape index (κ2) is 9.01. The normalized spacial score (nSPS) is 10.8. The van der Waals surface area contributed by atoms with Crippen molar-refractivity contribution in [2.45, 2.75) is 39.5 Å². The van der Waals surface area contributed by atoms with Crippen molar-refractivity contribution >= 4 is 73.7 Å². The Labute approximate surface area is 155 Å². The number of halogens is 3. The van der Waals surface area contributed by atoms with Crippen LogP contribution >= 0.6 is 67.8 Å². The summed E-state index contributed by atoms with van der Waals surface area (Å²) in [6.45, 7) is 4.41. The smallest absolute Gasteiger partial charge is 0.311 e. The Bertz CT molecular complexity index is 421. The Hall–Kier alpha value is 0.880. The molecule has 0 bridgehead atoms. The van der Waals surface area contributed by atoms with Gasteiger partial charge in [0.2, 0.25) is 0 Å². The average molecular weight is 598 g/mol. The van der Waals surface area contributed by atoms with Crippen molar-refractivity contribution in [1.29, 1.82) is 0 Å². The molecule has 0 saturated heterocycles. The number of carbonyl (C=O) groups excluding carboxylic acids is 1. The highest BCUT2D eigenvalue weighted by Gasteiger charge is 2.12. The van der Waals surface area contributed by atoms with E-state index in [0.29, 0.717) is 18.1 Å². The molecule has 0 aliphatic rings. The van der Waals surface area contributed by atoms with Gasteiger partial charge in [0.25, 0.3) is 0 Å². The molecule has 0 spiro atoms. The summed E-state index contributed by atoms with van der Waals surface area (Å²) in [7, 11) is 0. The SMILES string of the molecule is CC(C)CCCCC(=O)Oc1c(I)cc(I)cc1I. The lowest BCUT2D eigenvalue weighted by Gasteiger charge is -2.09. The molecular weight excluding hydrogens is 581 g/mol. The minimum atomic E-state index is -0.124. The third-order valence-corrected chi connectivity index (χ3v) is 4.82. The number of esters is 1. The number of ether oxygens (including phenoxy) is 1. The van der Waals surface area contributed by atoms with Crippen LogP contribution in [-0.2, 0) is 4.79 Å². The number of hydrogen-bond donors (Lipinski definition) is 0. The van der Waals surface area contributed by atoms with Gasteiger partial charge in [0, 0.05) is 9.99 Å². The molecule has 0 amide bonds. The van der Waals surface area contributed by atoms with Crippen molar-refractivity contribution in [3.05, 3.63) is 22.8 Å². The Morgan fingerprint density at radius 1 is 1.16 bits per heavy atom. The quantitative estimate of drug-likeness (QED) is 0.184. The van der Waals surface area contributed by atoms with Gasteiger partial charge >= 0.3 is 5.97 Å². The van der Waals surface area contributed by atoms with Crippen molar-refractivity contribution < 1.29 is 9.53 Å². The highest BCUT2D eigenvalue weighted by Crippen LogP contribution is 2.30. The second-order valence-corrected chi connectivity index (χ2v) is 8.38. The molecule has 1 aromatic rings. The van der Waals surface area contributed by atoms with Gasteiger partial charge in [-0.3, -0.25) is 4.79 Å². The first-order chi connectivity index (χ1) is 8.90. The Balaban J connectivity index is 2.49. The van der Waals surface area contributed by atoms with E-state index in [1.54, 1.807) is 0 Å². The Morgan fingerprint density at radius 2 is 1.74 bits per heavy atom. The van der Waals surface area contributed by atoms with E-state index in [4.69, 9.17) is 4.74 Å². The monoisotopic (exact) mass is 598 g/mol. The van der Waals surface area contributed by atoms with Gasteiger partial charge in [-0.2, -0.15) is 0 Å². The van der Waals surface area contributed by atoms with Crippen molar-refractivity contribution in [2.75, 3.05) is 0 Å². The maximum absolute atomic E-state index is 11.8. The lowest BCUT2D eigenvalue weighted by Crippen LogP contribution is -2.10. The first-order valence-corrected chi connectivity index (χ1v) is 9.49. The Kier molecular flexibility index (Phi) is 8.50. The molecule has 2 nitrogen and oxygen atoms in total. The molecule has 19 heavy (non-hydrogen) atoms. The van der Waals surface area contributed by atoms with Gasteiger partial charge in [-0.05, 0) is 92.2 Å². The average Bonchev–Trinajstić information content (AvgIpc) is 2.29. The predicted octanol–water partition coefficient (Wildman–Crippen LogP) is 5.62. The van der Waals surface area contributed by atoms with E-state index < -0.39 is 0 Å². The first-order valence-electron chi connectivity index (χ1n) is 6.25. The van der Waals surface area contributed by atoms with E-state index in [-0.39, 0.29) is 5.97 Å². The molecule has 5 heteroatoms. The topological polar surface area (TPSA) is 26.3 Å². The van der Waals surface area contributed by atoms with Crippen LogP contribution in [0.1, 0.15) is 39.5 Å². The van der Waals surface area contributed by atoms with Gasteiger partial charge in [0.15, 0.2) is 5.75 Å². The maximum atomic E-state index is 11.8. The molecule has 1 aromatic carbocycles. The fourth-order valence-corrected chi connectivity index (χ4v) is 5.42. The van der Waals surface area contributed by atoms with E-state index >= 15 is 0 Å². The fourth-order valence-electron chi connectivity index (χ4n) is 1.61. The molecule has 0 N–H and O–H groups in total. The lowest BCUT2D eigenvalue weighted by atomic mass is 10.1. The van der Waals surface area contributed by atoms with Crippen molar-refractivity contribution in [2.24, 2.45) is 5.92 Å². The first kappa shape index (κ1) is 17.9. The van der Waals surface area contributed by atoms with E-state index in [0.717, 1.165) is 23.6 Å². The third kappa shape index (κ3) is 6.92. The summed E-state index contributed by atoms with van der Waals surface area (Å²) in [6, 6.07) is 4.04. The van der Waals surface area contributed by atoms with Crippen LogP contribution in [-0.4, -0.2) is 5.97 Å². The molecule has 106 valence electrons. The van der Waals surface area contributed by atoms with Crippen LogP contribution in [0.15, 0.2) is 12.1 Å². The highest BCUT2D eigenvalue weighted by atomic mass is 127. The van der Waals surface area contributed by atoms with Gasteiger partial charge < -0.3 is 4.74 Å². The molecule has 0 atom stereocenters. The number of carbonyl (C=O) groups is 1. The van der Waals surface area contributed by atoms with Gasteiger partial charge in [-0.15, -0.1) is 0 Å². The molecule has 0 radical (unpaired) electrons. The molecule has 0 saturated carbocycles. The fraction of sp³-hybridized carbons (Fsp3) is 0.500. The number of rotatable bonds is 6. The van der Waals surface area contributed by atoms with Gasteiger partial charge in [-0.1, -0.05) is 26.7 Å². The van der Waals surface area contributed by atoms with Crippen molar-refractivity contribution in [3.8, 4) is 5.75 Å². The molecule has 0 aliphatic carbocycles. The van der Waals surface area contributed by atoms with Gasteiger partial charge in [-0.25, -0.2) is 0 Å². The number of unbranched alkanes of at least 4 members (excludes halogenated alkanes) is 1. The van der Waals surface area contributed by atoms with Crippen LogP contribution in [0.25, 0.3) is 0 Å². The molecule has 0 aliphatic heterocycles. The van der Waals surface area contributed by atoms with Crippen LogP contribution in [0.5, 0.6) is 5.75 Å². The van der Waals surface area contributed by atoms with Crippen LogP contribution < -0.4 is 4.74 Å².